The van der Waals surface area contributed by atoms with Crippen molar-refractivity contribution in [3.05, 3.63) is 27.3 Å². The average molecular weight is 307 g/mol. The molecule has 2 unspecified atom stereocenters. The first-order valence-electron chi connectivity index (χ1n) is 6.67. The molecule has 0 fully saturated rings. The van der Waals surface area contributed by atoms with Gasteiger partial charge in [-0.1, -0.05) is 0 Å². The predicted molar refractivity (Wildman–Crippen MR) is 74.5 cm³/mol. The lowest BCUT2D eigenvalue weighted by Crippen LogP contribution is -2.39. The van der Waals surface area contributed by atoms with Crippen molar-refractivity contribution in [2.24, 2.45) is 5.92 Å². The molecule has 2 aliphatic rings. The number of amides is 1. The molecule has 0 saturated carbocycles. The summed E-state index contributed by atoms with van der Waals surface area (Å²) in [6, 6.07) is 1.26. The molecule has 1 heterocycles. The number of aliphatic hydroxyl groups excluding tert-OH is 1. The van der Waals surface area contributed by atoms with Gasteiger partial charge in [0.25, 0.3) is 11.6 Å². The first kappa shape index (κ1) is 14.3. The molecule has 1 aromatic rings. The van der Waals surface area contributed by atoms with Crippen molar-refractivity contribution in [3.8, 4) is 0 Å². The molecule has 0 radical (unpaired) electrons. The number of carbonyl (C=O) groups is 2. The Bertz CT molecular complexity index is 702. The number of hydrogen-bond acceptors (Lipinski definition) is 6. The van der Waals surface area contributed by atoms with Gasteiger partial charge in [-0.25, -0.2) is 0 Å². The molecular weight excluding hydrogens is 294 g/mol. The molecule has 0 spiro atoms. The number of nitro benzene ring substituents is 1. The van der Waals surface area contributed by atoms with Gasteiger partial charge in [0.1, 0.15) is 0 Å². The van der Waals surface area contributed by atoms with Gasteiger partial charge >= 0.3 is 5.97 Å². The maximum atomic E-state index is 11.6. The van der Waals surface area contributed by atoms with Crippen molar-refractivity contribution < 1.29 is 24.7 Å². The summed E-state index contributed by atoms with van der Waals surface area (Å²) in [7, 11) is 0. The molecule has 0 aromatic heterocycles. The zero-order valence-electron chi connectivity index (χ0n) is 11.3. The number of carbonyl (C=O) groups excluding carboxylic acids is 1. The fourth-order valence-corrected chi connectivity index (χ4v) is 3.08. The lowest BCUT2D eigenvalue weighted by atomic mass is 10.0. The van der Waals surface area contributed by atoms with Crippen molar-refractivity contribution >= 4 is 28.9 Å². The van der Waals surface area contributed by atoms with Crippen LogP contribution in [0.1, 0.15) is 17.5 Å². The third kappa shape index (κ3) is 2.25. The number of fused-ring (bicyclic) bond motifs is 3. The normalized spacial score (nSPS) is 22.3. The van der Waals surface area contributed by atoms with Crippen molar-refractivity contribution in [3.63, 3.8) is 0 Å². The van der Waals surface area contributed by atoms with Gasteiger partial charge in [0, 0.05) is 18.1 Å². The maximum absolute atomic E-state index is 11.6. The van der Waals surface area contributed by atoms with E-state index >= 15 is 0 Å². The van der Waals surface area contributed by atoms with Crippen LogP contribution in [0.15, 0.2) is 6.07 Å². The van der Waals surface area contributed by atoms with Gasteiger partial charge in [-0.3, -0.25) is 19.7 Å². The molecule has 3 rings (SSSR count). The zero-order valence-corrected chi connectivity index (χ0v) is 11.3. The second-order valence-electron chi connectivity index (χ2n) is 5.44. The van der Waals surface area contributed by atoms with Crippen molar-refractivity contribution in [2.75, 3.05) is 10.6 Å². The van der Waals surface area contributed by atoms with Gasteiger partial charge < -0.3 is 20.8 Å². The Kier molecular flexibility index (Phi) is 3.21. The van der Waals surface area contributed by atoms with Crippen molar-refractivity contribution in [1.82, 2.24) is 0 Å². The van der Waals surface area contributed by atoms with Gasteiger partial charge in [-0.05, 0) is 24.3 Å². The zero-order chi connectivity index (χ0) is 16.0. The Labute approximate surface area is 124 Å². The number of aliphatic hydroxyl groups is 1. The highest BCUT2D eigenvalue weighted by molar-refractivity contribution is 6.03. The van der Waals surface area contributed by atoms with E-state index in [1.165, 1.54) is 6.07 Å². The number of hydrogen-bond donors (Lipinski definition) is 4. The molecule has 4 N–H and O–H groups in total. The average Bonchev–Trinajstić information content (AvgIpc) is 2.82. The van der Waals surface area contributed by atoms with E-state index < -0.39 is 23.0 Å². The summed E-state index contributed by atoms with van der Waals surface area (Å²) < 4.78 is 0. The standard InChI is InChI=1S/C13H13N3O6/c17-10(18)3-5-1-6-7(2-5)11-8(4-9(6)16(21)22)14-12(19)13(20)15-11/h4-5,12,14,19H,1-3H2,(H,15,20)(H,17,18). The number of anilines is 2. The largest absolute Gasteiger partial charge is 0.481 e. The maximum Gasteiger partial charge on any atom is 0.303 e. The fraction of sp³-hybridized carbons (Fsp3) is 0.385. The number of nitro groups is 1. The van der Waals surface area contributed by atoms with Gasteiger partial charge in [0.15, 0.2) is 0 Å². The van der Waals surface area contributed by atoms with E-state index in [1.54, 1.807) is 0 Å². The van der Waals surface area contributed by atoms with Crippen LogP contribution in [0, 0.1) is 16.0 Å². The Morgan fingerprint density at radius 1 is 1.41 bits per heavy atom. The van der Waals surface area contributed by atoms with E-state index in [0.717, 1.165) is 0 Å². The van der Waals surface area contributed by atoms with E-state index in [4.69, 9.17) is 5.11 Å². The number of nitrogens with zero attached hydrogens (tertiary/aromatic N) is 1. The van der Waals surface area contributed by atoms with Crippen LogP contribution in [0.25, 0.3) is 0 Å². The number of rotatable bonds is 3. The number of aliphatic carboxylic acids is 1. The van der Waals surface area contributed by atoms with Crippen LogP contribution in [0.2, 0.25) is 0 Å². The number of nitrogens with one attached hydrogen (secondary N) is 2. The highest BCUT2D eigenvalue weighted by atomic mass is 16.6. The molecule has 116 valence electrons. The molecule has 0 saturated heterocycles. The summed E-state index contributed by atoms with van der Waals surface area (Å²) in [5.41, 5.74) is 1.56. The quantitative estimate of drug-likeness (QED) is 0.469. The molecule has 9 heteroatoms. The summed E-state index contributed by atoms with van der Waals surface area (Å²) in [4.78, 5) is 33.1. The van der Waals surface area contributed by atoms with E-state index in [1.807, 2.05) is 0 Å². The molecule has 2 atom stereocenters. The van der Waals surface area contributed by atoms with Crippen LogP contribution in [0.4, 0.5) is 17.1 Å². The number of benzene rings is 1. The topological polar surface area (TPSA) is 142 Å². The first-order chi connectivity index (χ1) is 10.4. The van der Waals surface area contributed by atoms with Crippen LogP contribution in [-0.4, -0.2) is 33.2 Å². The predicted octanol–water partition coefficient (Wildman–Crippen LogP) is 0.467. The lowest BCUT2D eigenvalue weighted by molar-refractivity contribution is -0.385. The second kappa shape index (κ2) is 4.95. The third-order valence-corrected chi connectivity index (χ3v) is 3.96. The Morgan fingerprint density at radius 3 is 2.73 bits per heavy atom. The molecule has 1 aliphatic heterocycles. The molecule has 22 heavy (non-hydrogen) atoms. The lowest BCUT2D eigenvalue weighted by Gasteiger charge is -2.25. The minimum Gasteiger partial charge on any atom is -0.481 e. The van der Waals surface area contributed by atoms with Crippen LogP contribution >= 0.6 is 0 Å². The van der Waals surface area contributed by atoms with Crippen LogP contribution in [0.3, 0.4) is 0 Å². The Balaban J connectivity index is 2.08. The SMILES string of the molecule is O=C(O)CC1Cc2c([N+](=O)[O-])cc3c(c2C1)NC(=O)C(O)N3. The van der Waals surface area contributed by atoms with Gasteiger partial charge in [0.2, 0.25) is 6.23 Å². The first-order valence-corrected chi connectivity index (χ1v) is 6.67. The molecular formula is C13H13N3O6. The van der Waals surface area contributed by atoms with Gasteiger partial charge in [-0.15, -0.1) is 0 Å². The Morgan fingerprint density at radius 2 is 2.09 bits per heavy atom. The number of carboxylic acids is 1. The molecule has 9 nitrogen and oxygen atoms in total. The second-order valence-corrected chi connectivity index (χ2v) is 5.44. The van der Waals surface area contributed by atoms with Crippen molar-refractivity contribution in [1.29, 1.82) is 0 Å². The van der Waals surface area contributed by atoms with Crippen molar-refractivity contribution in [2.45, 2.75) is 25.5 Å². The van der Waals surface area contributed by atoms with Gasteiger partial charge in [0.05, 0.1) is 16.3 Å². The summed E-state index contributed by atoms with van der Waals surface area (Å²) >= 11 is 0. The highest BCUT2D eigenvalue weighted by Gasteiger charge is 2.36. The van der Waals surface area contributed by atoms with E-state index in [2.05, 4.69) is 10.6 Å². The molecule has 1 amide bonds. The van der Waals surface area contributed by atoms with Crippen LogP contribution < -0.4 is 10.6 Å². The minimum absolute atomic E-state index is 0.0927. The minimum atomic E-state index is -1.47. The summed E-state index contributed by atoms with van der Waals surface area (Å²) in [6.07, 6.45) is -0.945. The van der Waals surface area contributed by atoms with Crippen LogP contribution in [-0.2, 0) is 22.4 Å². The summed E-state index contributed by atoms with van der Waals surface area (Å²) in [6.45, 7) is 0. The van der Waals surface area contributed by atoms with E-state index in [-0.39, 0.29) is 30.1 Å². The molecule has 0 bridgehead atoms. The Hall–Kier alpha value is -2.68. The van der Waals surface area contributed by atoms with E-state index in [9.17, 15) is 24.8 Å². The van der Waals surface area contributed by atoms with Crippen LogP contribution in [0.5, 0.6) is 0 Å². The highest BCUT2D eigenvalue weighted by Crippen LogP contribution is 2.44. The smallest absolute Gasteiger partial charge is 0.303 e. The molecule has 1 aromatic carbocycles. The summed E-state index contributed by atoms with van der Waals surface area (Å²) in [5.74, 6) is -1.86. The third-order valence-electron chi connectivity index (χ3n) is 3.96. The fourth-order valence-electron chi connectivity index (χ4n) is 3.08. The van der Waals surface area contributed by atoms with Gasteiger partial charge in [-0.2, -0.15) is 0 Å². The van der Waals surface area contributed by atoms with E-state index in [0.29, 0.717) is 23.2 Å². The monoisotopic (exact) mass is 307 g/mol. The summed E-state index contributed by atoms with van der Waals surface area (Å²) in [5, 5.41) is 34.7. The molecule has 1 aliphatic carbocycles. The number of carboxylic acid groups (broad SMARTS) is 1.